The van der Waals surface area contributed by atoms with Gasteiger partial charge in [0.05, 0.1) is 48.7 Å². The standard InChI is InChI=1S/C38H42N8O5/c1-20-5-11-30(45(20)34(48)18-41-38(49)50-4)36-40-16-29(43-36)23-7-9-25-24(13-23)19-51-32-15-26-22(14-27(25)32)8-10-28-35(26)44-37(42-28)31-12-6-21(2)46(31)33(47)17-39-3/h7-10,13-16,20-21,30-31,39H,5-6,11-12,17-19H2,1-4H3,(H,40,43)(H,41,49)(H,42,44)/t20-,21-,30?,31-/m0/s1. The molecule has 4 atom stereocenters. The number of methoxy groups -OCH3 is 1. The first kappa shape index (κ1) is 32.8. The molecule has 1 unspecified atom stereocenters. The Labute approximate surface area is 295 Å². The minimum atomic E-state index is -0.635. The molecule has 51 heavy (non-hydrogen) atoms. The number of aromatic amines is 2. The molecule has 0 radical (unpaired) electrons. The Balaban J connectivity index is 1.05. The fraction of sp³-hybridized carbons (Fsp3) is 0.395. The average Bonchev–Trinajstić information content (AvgIpc) is 3.95. The Morgan fingerprint density at radius 1 is 0.902 bits per heavy atom. The van der Waals surface area contributed by atoms with Crippen LogP contribution in [0.3, 0.4) is 0 Å². The van der Waals surface area contributed by atoms with Crippen molar-refractivity contribution >= 4 is 39.7 Å². The molecule has 13 heteroatoms. The summed E-state index contributed by atoms with van der Waals surface area (Å²) in [4.78, 5) is 58.1. The van der Waals surface area contributed by atoms with Crippen molar-refractivity contribution in [2.24, 2.45) is 0 Å². The van der Waals surface area contributed by atoms with Gasteiger partial charge < -0.3 is 39.9 Å². The number of ether oxygens (including phenoxy) is 2. The summed E-state index contributed by atoms with van der Waals surface area (Å²) in [5.41, 5.74) is 6.86. The second kappa shape index (κ2) is 13.0. The number of nitrogens with zero attached hydrogens (tertiary/aromatic N) is 4. The van der Waals surface area contributed by atoms with Crippen LogP contribution in [-0.4, -0.2) is 87.0 Å². The first-order chi connectivity index (χ1) is 24.7. The summed E-state index contributed by atoms with van der Waals surface area (Å²) in [6.45, 7) is 4.71. The summed E-state index contributed by atoms with van der Waals surface area (Å²) in [6, 6.07) is 14.7. The minimum absolute atomic E-state index is 0.0270. The number of carbonyl (C=O) groups is 3. The van der Waals surface area contributed by atoms with E-state index in [2.05, 4.69) is 79.7 Å². The van der Waals surface area contributed by atoms with Crippen molar-refractivity contribution in [2.75, 3.05) is 27.2 Å². The van der Waals surface area contributed by atoms with E-state index >= 15 is 0 Å². The van der Waals surface area contributed by atoms with Gasteiger partial charge in [0.25, 0.3) is 0 Å². The number of hydrogen-bond donors (Lipinski definition) is 4. The Morgan fingerprint density at radius 2 is 1.65 bits per heavy atom. The van der Waals surface area contributed by atoms with Gasteiger partial charge in [0.1, 0.15) is 30.5 Å². The number of likely N-dealkylation sites (tertiary alicyclic amines) is 2. The third kappa shape index (κ3) is 5.75. The first-order valence-corrected chi connectivity index (χ1v) is 17.6. The van der Waals surface area contributed by atoms with E-state index in [1.165, 1.54) is 7.11 Å². The summed E-state index contributed by atoms with van der Waals surface area (Å²) >= 11 is 0. The molecule has 264 valence electrons. The van der Waals surface area contributed by atoms with Gasteiger partial charge in [0.2, 0.25) is 11.8 Å². The van der Waals surface area contributed by atoms with Gasteiger partial charge in [0, 0.05) is 23.0 Å². The number of imidazole rings is 2. The third-order valence-corrected chi connectivity index (χ3v) is 10.7. The van der Waals surface area contributed by atoms with Gasteiger partial charge in [-0.1, -0.05) is 18.2 Å². The van der Waals surface area contributed by atoms with Gasteiger partial charge in [-0.15, -0.1) is 0 Å². The van der Waals surface area contributed by atoms with Crippen molar-refractivity contribution in [3.8, 4) is 28.1 Å². The molecule has 3 aliphatic rings. The van der Waals surface area contributed by atoms with Crippen LogP contribution in [-0.2, 0) is 20.9 Å². The molecule has 3 aliphatic heterocycles. The smallest absolute Gasteiger partial charge is 0.407 e. The number of H-pyrrole nitrogens is 2. The molecule has 2 saturated heterocycles. The van der Waals surface area contributed by atoms with Crippen molar-refractivity contribution in [2.45, 2.75) is 70.3 Å². The number of fused-ring (bicyclic) bond motifs is 6. The topological polar surface area (TPSA) is 158 Å². The fourth-order valence-corrected chi connectivity index (χ4v) is 8.18. The molecule has 13 nitrogen and oxygen atoms in total. The van der Waals surface area contributed by atoms with E-state index in [9.17, 15) is 14.4 Å². The van der Waals surface area contributed by atoms with Crippen molar-refractivity contribution in [3.05, 3.63) is 65.9 Å². The molecule has 0 spiro atoms. The maximum absolute atomic E-state index is 13.0. The highest BCUT2D eigenvalue weighted by atomic mass is 16.5. The number of benzene rings is 3. The second-order valence-corrected chi connectivity index (χ2v) is 13.9. The maximum atomic E-state index is 13.0. The van der Waals surface area contributed by atoms with Crippen LogP contribution in [0.25, 0.3) is 44.2 Å². The number of alkyl carbamates (subject to hydrolysis) is 1. The zero-order valence-electron chi connectivity index (χ0n) is 29.2. The van der Waals surface area contributed by atoms with E-state index in [0.717, 1.165) is 92.8 Å². The van der Waals surface area contributed by atoms with E-state index in [1.807, 2.05) is 18.0 Å². The van der Waals surface area contributed by atoms with Gasteiger partial charge >= 0.3 is 6.09 Å². The molecule has 2 fully saturated rings. The number of aromatic nitrogens is 4. The monoisotopic (exact) mass is 690 g/mol. The Bertz CT molecular complexity index is 2170. The van der Waals surface area contributed by atoms with E-state index in [0.29, 0.717) is 13.2 Å². The van der Waals surface area contributed by atoms with Crippen LogP contribution in [0.15, 0.2) is 48.7 Å². The molecule has 2 aromatic heterocycles. The average molecular weight is 691 g/mol. The van der Waals surface area contributed by atoms with Gasteiger partial charge in [-0.3, -0.25) is 9.59 Å². The normalized spacial score (nSPS) is 21.1. The molecule has 5 heterocycles. The zero-order valence-corrected chi connectivity index (χ0v) is 29.2. The summed E-state index contributed by atoms with van der Waals surface area (Å²) in [6.07, 6.45) is 4.62. The molecule has 3 amide bonds. The predicted octanol–water partition coefficient (Wildman–Crippen LogP) is 5.35. The number of hydrogen-bond acceptors (Lipinski definition) is 8. The zero-order chi connectivity index (χ0) is 35.4. The number of rotatable bonds is 7. The van der Waals surface area contributed by atoms with Crippen LogP contribution >= 0.6 is 0 Å². The SMILES string of the molecule is CNCC(=O)N1[C@@H](C)CC[C@H]1c1nc2c(ccc3cc4c(cc32)OCc2cc(-c3cnc(C5CC[C@H](C)N5C(=O)CNC(=O)OC)[nH]3)ccc2-4)[nH]1. The number of likely N-dealkylation sites (N-methyl/N-ethyl adjacent to an activating group) is 1. The highest BCUT2D eigenvalue weighted by Crippen LogP contribution is 2.44. The minimum Gasteiger partial charge on any atom is -0.488 e. The Morgan fingerprint density at radius 3 is 2.39 bits per heavy atom. The van der Waals surface area contributed by atoms with Crippen LogP contribution in [0, 0.1) is 0 Å². The van der Waals surface area contributed by atoms with E-state index in [-0.39, 0.29) is 42.5 Å². The van der Waals surface area contributed by atoms with Crippen molar-refractivity contribution in [3.63, 3.8) is 0 Å². The lowest BCUT2D eigenvalue weighted by Crippen LogP contribution is -2.43. The molecular weight excluding hydrogens is 648 g/mol. The van der Waals surface area contributed by atoms with Crippen molar-refractivity contribution in [1.29, 1.82) is 0 Å². The highest BCUT2D eigenvalue weighted by molar-refractivity contribution is 6.07. The summed E-state index contributed by atoms with van der Waals surface area (Å²) in [5, 5.41) is 7.56. The molecule has 5 aromatic rings. The molecule has 8 rings (SSSR count). The summed E-state index contributed by atoms with van der Waals surface area (Å²) in [5.74, 6) is 2.26. The Hall–Kier alpha value is -5.43. The van der Waals surface area contributed by atoms with Crippen LogP contribution < -0.4 is 15.4 Å². The van der Waals surface area contributed by atoms with Gasteiger partial charge in [-0.2, -0.15) is 0 Å². The molecule has 0 aliphatic carbocycles. The molecular formula is C38H42N8O5. The second-order valence-electron chi connectivity index (χ2n) is 13.9. The van der Waals surface area contributed by atoms with E-state index in [1.54, 1.807) is 11.9 Å². The predicted molar refractivity (Wildman–Crippen MR) is 192 cm³/mol. The fourth-order valence-electron chi connectivity index (χ4n) is 8.18. The lowest BCUT2D eigenvalue weighted by Gasteiger charge is -2.27. The van der Waals surface area contributed by atoms with E-state index < -0.39 is 6.09 Å². The lowest BCUT2D eigenvalue weighted by atomic mass is 9.92. The van der Waals surface area contributed by atoms with Crippen LogP contribution in [0.4, 0.5) is 4.79 Å². The third-order valence-electron chi connectivity index (χ3n) is 10.7. The highest BCUT2D eigenvalue weighted by Gasteiger charge is 2.38. The summed E-state index contributed by atoms with van der Waals surface area (Å²) < 4.78 is 11.0. The molecule has 3 aromatic carbocycles. The summed E-state index contributed by atoms with van der Waals surface area (Å²) in [7, 11) is 3.07. The van der Waals surface area contributed by atoms with Crippen LogP contribution in [0.5, 0.6) is 5.75 Å². The van der Waals surface area contributed by atoms with Gasteiger partial charge in [-0.25, -0.2) is 14.8 Å². The van der Waals surface area contributed by atoms with Crippen molar-refractivity contribution < 1.29 is 23.9 Å². The van der Waals surface area contributed by atoms with Crippen LogP contribution in [0.1, 0.15) is 68.8 Å². The molecule has 0 bridgehead atoms. The lowest BCUT2D eigenvalue weighted by molar-refractivity contribution is -0.133. The number of nitrogens with one attached hydrogen (secondary N) is 4. The van der Waals surface area contributed by atoms with Gasteiger partial charge in [0.15, 0.2) is 0 Å². The van der Waals surface area contributed by atoms with Gasteiger partial charge in [-0.05, 0) is 92.9 Å². The largest absolute Gasteiger partial charge is 0.488 e. The first-order valence-electron chi connectivity index (χ1n) is 17.6. The van der Waals surface area contributed by atoms with Crippen LogP contribution in [0.2, 0.25) is 0 Å². The number of carbonyl (C=O) groups excluding carboxylic acids is 3. The maximum Gasteiger partial charge on any atom is 0.407 e. The van der Waals surface area contributed by atoms with E-state index in [4.69, 9.17) is 9.72 Å². The Kier molecular flexibility index (Phi) is 8.37. The van der Waals surface area contributed by atoms with Crippen molar-refractivity contribution in [1.82, 2.24) is 40.4 Å². The molecule has 0 saturated carbocycles. The molecule has 4 N–H and O–H groups in total. The number of amides is 3. The quantitative estimate of drug-likeness (QED) is 0.178.